The van der Waals surface area contributed by atoms with E-state index >= 15 is 0 Å². The molecule has 6 nitrogen and oxygen atoms in total. The Morgan fingerprint density at radius 2 is 2.00 bits per heavy atom. The van der Waals surface area contributed by atoms with E-state index in [0.29, 0.717) is 28.1 Å². The SMILES string of the molecule is CCOc1c(Br)cc(C(=O)NCCC(=O)NC(C)C)cc1OC. The molecule has 1 aromatic carbocycles. The Hall–Kier alpha value is -1.76. The van der Waals surface area contributed by atoms with Gasteiger partial charge in [0.1, 0.15) is 0 Å². The Bertz CT molecular complexity index is 561. The summed E-state index contributed by atoms with van der Waals surface area (Å²) in [6.07, 6.45) is 0.235. The summed E-state index contributed by atoms with van der Waals surface area (Å²) < 4.78 is 11.4. The van der Waals surface area contributed by atoms with Gasteiger partial charge in [-0.05, 0) is 48.8 Å². The molecule has 0 aliphatic rings. The lowest BCUT2D eigenvalue weighted by Gasteiger charge is -2.13. The lowest BCUT2D eigenvalue weighted by Crippen LogP contribution is -2.34. The number of halogens is 1. The Morgan fingerprint density at radius 1 is 1.30 bits per heavy atom. The van der Waals surface area contributed by atoms with E-state index in [1.54, 1.807) is 12.1 Å². The van der Waals surface area contributed by atoms with Gasteiger partial charge in [0, 0.05) is 24.6 Å². The molecule has 0 aliphatic heterocycles. The number of nitrogens with one attached hydrogen (secondary N) is 2. The van der Waals surface area contributed by atoms with Crippen molar-refractivity contribution in [2.75, 3.05) is 20.3 Å². The number of carbonyl (C=O) groups excluding carboxylic acids is 2. The quantitative estimate of drug-likeness (QED) is 0.719. The molecule has 0 fully saturated rings. The Labute approximate surface area is 145 Å². The first-order chi connectivity index (χ1) is 10.9. The van der Waals surface area contributed by atoms with Crippen LogP contribution in [0, 0.1) is 0 Å². The highest BCUT2D eigenvalue weighted by molar-refractivity contribution is 9.10. The van der Waals surface area contributed by atoms with Gasteiger partial charge in [0.2, 0.25) is 5.91 Å². The van der Waals surface area contributed by atoms with E-state index in [1.807, 2.05) is 20.8 Å². The molecule has 1 aromatic rings. The molecule has 0 radical (unpaired) electrons. The third-order valence-corrected chi connectivity index (χ3v) is 3.46. The number of carbonyl (C=O) groups is 2. The summed E-state index contributed by atoms with van der Waals surface area (Å²) >= 11 is 3.38. The van der Waals surface area contributed by atoms with Crippen molar-refractivity contribution in [1.29, 1.82) is 0 Å². The number of benzene rings is 1. The average molecular weight is 387 g/mol. The van der Waals surface area contributed by atoms with Gasteiger partial charge in [0.15, 0.2) is 11.5 Å². The van der Waals surface area contributed by atoms with E-state index in [4.69, 9.17) is 9.47 Å². The van der Waals surface area contributed by atoms with Crippen molar-refractivity contribution < 1.29 is 19.1 Å². The fourth-order valence-corrected chi connectivity index (χ4v) is 2.48. The zero-order valence-electron chi connectivity index (χ0n) is 13.9. The molecule has 0 unspecified atom stereocenters. The summed E-state index contributed by atoms with van der Waals surface area (Å²) in [6.45, 7) is 6.41. The normalized spacial score (nSPS) is 10.3. The second-order valence-corrected chi connectivity index (χ2v) is 6.00. The van der Waals surface area contributed by atoms with E-state index in [1.165, 1.54) is 7.11 Å². The smallest absolute Gasteiger partial charge is 0.251 e. The second kappa shape index (κ2) is 9.39. The highest BCUT2D eigenvalue weighted by Crippen LogP contribution is 2.36. The van der Waals surface area contributed by atoms with Crippen molar-refractivity contribution in [1.82, 2.24) is 10.6 Å². The Kier molecular flexibility index (Phi) is 7.88. The average Bonchev–Trinajstić information content (AvgIpc) is 2.48. The van der Waals surface area contributed by atoms with Crippen molar-refractivity contribution in [2.24, 2.45) is 0 Å². The van der Waals surface area contributed by atoms with Crippen molar-refractivity contribution >= 4 is 27.7 Å². The van der Waals surface area contributed by atoms with Crippen LogP contribution in [-0.4, -0.2) is 38.1 Å². The Morgan fingerprint density at radius 3 is 2.57 bits per heavy atom. The van der Waals surface area contributed by atoms with Crippen LogP contribution in [0.5, 0.6) is 11.5 Å². The molecule has 0 spiro atoms. The van der Waals surface area contributed by atoms with Gasteiger partial charge in [-0.1, -0.05) is 0 Å². The van der Waals surface area contributed by atoms with Crippen LogP contribution in [0.15, 0.2) is 16.6 Å². The van der Waals surface area contributed by atoms with Crippen LogP contribution in [0.1, 0.15) is 37.6 Å². The molecule has 7 heteroatoms. The molecule has 1 rings (SSSR count). The Balaban J connectivity index is 2.69. The fraction of sp³-hybridized carbons (Fsp3) is 0.500. The summed E-state index contributed by atoms with van der Waals surface area (Å²) in [4.78, 5) is 23.7. The maximum Gasteiger partial charge on any atom is 0.251 e. The van der Waals surface area contributed by atoms with Crippen molar-refractivity contribution in [3.63, 3.8) is 0 Å². The predicted molar refractivity (Wildman–Crippen MR) is 92.1 cm³/mol. The van der Waals surface area contributed by atoms with Crippen LogP contribution in [0.3, 0.4) is 0 Å². The first-order valence-corrected chi connectivity index (χ1v) is 8.26. The number of methoxy groups -OCH3 is 1. The lowest BCUT2D eigenvalue weighted by atomic mass is 10.2. The van der Waals surface area contributed by atoms with Gasteiger partial charge >= 0.3 is 0 Å². The molecule has 0 saturated carbocycles. The van der Waals surface area contributed by atoms with E-state index < -0.39 is 0 Å². The minimum atomic E-state index is -0.274. The van der Waals surface area contributed by atoms with Gasteiger partial charge in [0.05, 0.1) is 18.2 Å². The molecule has 23 heavy (non-hydrogen) atoms. The predicted octanol–water partition coefficient (Wildman–Crippen LogP) is 2.50. The van der Waals surface area contributed by atoms with Gasteiger partial charge in [-0.2, -0.15) is 0 Å². The third-order valence-electron chi connectivity index (χ3n) is 2.87. The number of rotatable bonds is 8. The van der Waals surface area contributed by atoms with Gasteiger partial charge in [0.25, 0.3) is 5.91 Å². The van der Waals surface area contributed by atoms with Crippen molar-refractivity contribution in [2.45, 2.75) is 33.2 Å². The molecule has 2 amide bonds. The third kappa shape index (κ3) is 6.09. The summed E-state index contributed by atoms with van der Waals surface area (Å²) in [6, 6.07) is 3.36. The van der Waals surface area contributed by atoms with Crippen LogP contribution in [0.2, 0.25) is 0 Å². The van der Waals surface area contributed by atoms with Crippen LogP contribution in [0.4, 0.5) is 0 Å². The van der Waals surface area contributed by atoms with E-state index in [-0.39, 0.29) is 30.8 Å². The molecule has 0 aliphatic carbocycles. The number of hydrogen-bond donors (Lipinski definition) is 2. The van der Waals surface area contributed by atoms with E-state index in [0.717, 1.165) is 0 Å². The molecule has 2 N–H and O–H groups in total. The summed E-state index contributed by atoms with van der Waals surface area (Å²) in [7, 11) is 1.52. The topological polar surface area (TPSA) is 76.7 Å². The standard InChI is InChI=1S/C16H23BrN2O4/c1-5-23-15-12(17)8-11(9-13(15)22-4)16(21)18-7-6-14(20)19-10(2)3/h8-10H,5-7H2,1-4H3,(H,18,21)(H,19,20). The zero-order chi connectivity index (χ0) is 17.4. The highest BCUT2D eigenvalue weighted by Gasteiger charge is 2.15. The zero-order valence-corrected chi connectivity index (χ0v) is 15.5. The maximum absolute atomic E-state index is 12.2. The number of amides is 2. The van der Waals surface area contributed by atoms with Crippen molar-refractivity contribution in [3.8, 4) is 11.5 Å². The first kappa shape index (κ1) is 19.3. The van der Waals surface area contributed by atoms with Crippen LogP contribution < -0.4 is 20.1 Å². The number of hydrogen-bond acceptors (Lipinski definition) is 4. The summed E-state index contributed by atoms with van der Waals surface area (Å²) in [5, 5.41) is 5.49. The lowest BCUT2D eigenvalue weighted by molar-refractivity contribution is -0.121. The molecule has 0 heterocycles. The fourth-order valence-electron chi connectivity index (χ4n) is 1.92. The van der Waals surface area contributed by atoms with Gasteiger partial charge < -0.3 is 20.1 Å². The van der Waals surface area contributed by atoms with Crippen LogP contribution in [0.25, 0.3) is 0 Å². The second-order valence-electron chi connectivity index (χ2n) is 5.15. The van der Waals surface area contributed by atoms with E-state index in [2.05, 4.69) is 26.6 Å². The van der Waals surface area contributed by atoms with Crippen molar-refractivity contribution in [3.05, 3.63) is 22.2 Å². The van der Waals surface area contributed by atoms with Crippen LogP contribution in [-0.2, 0) is 4.79 Å². The van der Waals surface area contributed by atoms with E-state index in [9.17, 15) is 9.59 Å². The molecule has 0 bridgehead atoms. The molecule has 0 aromatic heterocycles. The largest absolute Gasteiger partial charge is 0.493 e. The molecule has 128 valence electrons. The summed E-state index contributed by atoms with van der Waals surface area (Å²) in [5.41, 5.74) is 0.432. The van der Waals surface area contributed by atoms with Crippen LogP contribution >= 0.6 is 15.9 Å². The monoisotopic (exact) mass is 386 g/mol. The molecular weight excluding hydrogens is 364 g/mol. The van der Waals surface area contributed by atoms with Gasteiger partial charge in [-0.3, -0.25) is 9.59 Å². The highest BCUT2D eigenvalue weighted by atomic mass is 79.9. The first-order valence-electron chi connectivity index (χ1n) is 7.46. The molecule has 0 saturated heterocycles. The maximum atomic E-state index is 12.2. The molecule has 0 atom stereocenters. The number of ether oxygens (including phenoxy) is 2. The minimum Gasteiger partial charge on any atom is -0.493 e. The summed E-state index contributed by atoms with van der Waals surface area (Å²) in [5.74, 6) is 0.668. The van der Waals surface area contributed by atoms with Gasteiger partial charge in [-0.15, -0.1) is 0 Å². The minimum absolute atomic E-state index is 0.0875. The molecular formula is C16H23BrN2O4. The van der Waals surface area contributed by atoms with Gasteiger partial charge in [-0.25, -0.2) is 0 Å².